The number of guanidine groups is 1. The van der Waals surface area contributed by atoms with Gasteiger partial charge in [0, 0.05) is 45.2 Å². The summed E-state index contributed by atoms with van der Waals surface area (Å²) in [5.74, 6) is 0.526. The van der Waals surface area contributed by atoms with E-state index in [4.69, 9.17) is 4.74 Å². The summed E-state index contributed by atoms with van der Waals surface area (Å²) in [6, 6.07) is 15.4. The summed E-state index contributed by atoms with van der Waals surface area (Å²) >= 11 is 0. The summed E-state index contributed by atoms with van der Waals surface area (Å²) in [5.41, 5.74) is 3.26. The maximum atomic E-state index is 13.6. The van der Waals surface area contributed by atoms with Crippen LogP contribution >= 0.6 is 24.0 Å². The number of hydrogen-bond donors (Lipinski definition) is 2. The number of aliphatic imine (C=N–C) groups is 1. The molecule has 1 fully saturated rings. The summed E-state index contributed by atoms with van der Waals surface area (Å²) in [6.45, 7) is 10.1. The van der Waals surface area contributed by atoms with Gasteiger partial charge < -0.3 is 15.4 Å². The summed E-state index contributed by atoms with van der Waals surface area (Å²) in [7, 11) is 1.76. The second kappa shape index (κ2) is 12.4. The molecule has 1 heterocycles. The van der Waals surface area contributed by atoms with Crippen molar-refractivity contribution < 1.29 is 9.13 Å². The van der Waals surface area contributed by atoms with Gasteiger partial charge in [0.1, 0.15) is 5.82 Å². The lowest BCUT2D eigenvalue weighted by molar-refractivity contribution is 0.0342. The molecule has 2 aromatic rings. The molecule has 0 saturated carbocycles. The average molecular weight is 540 g/mol. The zero-order valence-electron chi connectivity index (χ0n) is 18.7. The summed E-state index contributed by atoms with van der Waals surface area (Å²) < 4.78 is 19.0. The largest absolute Gasteiger partial charge is 0.379 e. The molecule has 0 amide bonds. The van der Waals surface area contributed by atoms with Crippen LogP contribution in [-0.4, -0.2) is 50.8 Å². The molecule has 5 nitrogen and oxygen atoms in total. The lowest BCUT2D eigenvalue weighted by Crippen LogP contribution is -2.43. The number of ether oxygens (including phenoxy) is 1. The first kappa shape index (κ1) is 25.5. The standard InChI is InChI=1S/C24H33FN4O.HI/c1-24(2,21-8-5-9-22(25)15-21)18-28-23(26-3)27-16-19-6-4-7-20(14-19)17-29-10-12-30-13-11-29;/h4-9,14-15H,10-13,16-18H2,1-3H3,(H2,26,27,28);1H. The Bertz CT molecular complexity index is 853. The molecule has 0 radical (unpaired) electrons. The van der Waals surface area contributed by atoms with E-state index in [1.54, 1.807) is 19.2 Å². The number of nitrogens with one attached hydrogen (secondary N) is 2. The molecule has 3 rings (SSSR count). The van der Waals surface area contributed by atoms with Crippen LogP contribution in [0.1, 0.15) is 30.5 Å². The highest BCUT2D eigenvalue weighted by Crippen LogP contribution is 2.22. The third kappa shape index (κ3) is 8.05. The quantitative estimate of drug-likeness (QED) is 0.318. The van der Waals surface area contributed by atoms with Crippen molar-refractivity contribution in [3.8, 4) is 0 Å². The van der Waals surface area contributed by atoms with E-state index in [1.165, 1.54) is 17.2 Å². The van der Waals surface area contributed by atoms with E-state index in [1.807, 2.05) is 6.07 Å². The minimum Gasteiger partial charge on any atom is -0.379 e. The zero-order chi connectivity index (χ0) is 21.4. The van der Waals surface area contributed by atoms with Gasteiger partial charge in [0.25, 0.3) is 0 Å². The molecule has 0 atom stereocenters. The first-order chi connectivity index (χ1) is 14.5. The maximum Gasteiger partial charge on any atom is 0.191 e. The first-order valence-corrected chi connectivity index (χ1v) is 10.5. The van der Waals surface area contributed by atoms with Gasteiger partial charge in [-0.1, -0.05) is 50.2 Å². The zero-order valence-corrected chi connectivity index (χ0v) is 21.0. The summed E-state index contributed by atoms with van der Waals surface area (Å²) in [5, 5.41) is 6.76. The van der Waals surface area contributed by atoms with Crippen LogP contribution in [0.15, 0.2) is 53.5 Å². The average Bonchev–Trinajstić information content (AvgIpc) is 2.75. The van der Waals surface area contributed by atoms with Crippen molar-refractivity contribution in [3.63, 3.8) is 0 Å². The van der Waals surface area contributed by atoms with Crippen LogP contribution in [0.4, 0.5) is 4.39 Å². The molecule has 0 bridgehead atoms. The van der Waals surface area contributed by atoms with Crippen LogP contribution in [0.3, 0.4) is 0 Å². The SMILES string of the molecule is CN=C(NCc1cccc(CN2CCOCC2)c1)NCC(C)(C)c1cccc(F)c1.I. The minimum atomic E-state index is -0.224. The van der Waals surface area contributed by atoms with E-state index in [9.17, 15) is 4.39 Å². The van der Waals surface area contributed by atoms with E-state index in [2.05, 4.69) is 58.6 Å². The van der Waals surface area contributed by atoms with Gasteiger partial charge in [-0.05, 0) is 28.8 Å². The van der Waals surface area contributed by atoms with Gasteiger partial charge in [-0.3, -0.25) is 9.89 Å². The predicted molar refractivity (Wildman–Crippen MR) is 136 cm³/mol. The topological polar surface area (TPSA) is 48.9 Å². The Morgan fingerprint density at radius 3 is 2.48 bits per heavy atom. The summed E-state index contributed by atoms with van der Waals surface area (Å²) in [6.07, 6.45) is 0. The summed E-state index contributed by atoms with van der Waals surface area (Å²) in [4.78, 5) is 6.75. The van der Waals surface area contributed by atoms with Gasteiger partial charge in [0.05, 0.1) is 13.2 Å². The maximum absolute atomic E-state index is 13.6. The Labute approximate surface area is 202 Å². The van der Waals surface area contributed by atoms with Crippen LogP contribution in [0.2, 0.25) is 0 Å². The Hall–Kier alpha value is -1.71. The van der Waals surface area contributed by atoms with E-state index < -0.39 is 0 Å². The Balaban J connectivity index is 0.00000341. The Morgan fingerprint density at radius 2 is 1.77 bits per heavy atom. The molecule has 1 saturated heterocycles. The van der Waals surface area contributed by atoms with Gasteiger partial charge in [0.2, 0.25) is 0 Å². The predicted octanol–water partition coefficient (Wildman–Crippen LogP) is 3.92. The van der Waals surface area contributed by atoms with Crippen molar-refractivity contribution >= 4 is 29.9 Å². The molecule has 7 heteroatoms. The third-order valence-corrected chi connectivity index (χ3v) is 5.49. The third-order valence-electron chi connectivity index (χ3n) is 5.49. The molecule has 0 aromatic heterocycles. The number of hydrogen-bond acceptors (Lipinski definition) is 3. The molecule has 2 N–H and O–H groups in total. The monoisotopic (exact) mass is 540 g/mol. The molecular weight excluding hydrogens is 506 g/mol. The second-order valence-corrected chi connectivity index (χ2v) is 8.38. The highest BCUT2D eigenvalue weighted by atomic mass is 127. The van der Waals surface area contributed by atoms with Crippen LogP contribution in [0, 0.1) is 5.82 Å². The van der Waals surface area contributed by atoms with E-state index in [-0.39, 0.29) is 35.2 Å². The number of morpholine rings is 1. The molecule has 170 valence electrons. The molecule has 0 unspecified atom stereocenters. The number of halogens is 2. The first-order valence-electron chi connectivity index (χ1n) is 10.5. The van der Waals surface area contributed by atoms with Gasteiger partial charge in [-0.2, -0.15) is 0 Å². The van der Waals surface area contributed by atoms with Crippen LogP contribution < -0.4 is 10.6 Å². The molecule has 0 aliphatic carbocycles. The number of rotatable bonds is 7. The highest BCUT2D eigenvalue weighted by molar-refractivity contribution is 14.0. The van der Waals surface area contributed by atoms with E-state index >= 15 is 0 Å². The number of nitrogens with zero attached hydrogens (tertiary/aromatic N) is 2. The molecule has 1 aliphatic heterocycles. The van der Waals surface area contributed by atoms with E-state index in [0.717, 1.165) is 44.4 Å². The van der Waals surface area contributed by atoms with Crippen molar-refractivity contribution in [2.75, 3.05) is 39.9 Å². The fourth-order valence-corrected chi connectivity index (χ4v) is 3.58. The fraction of sp³-hybridized carbons (Fsp3) is 0.458. The molecular formula is C24H34FIN4O. The van der Waals surface area contributed by atoms with Gasteiger partial charge in [-0.25, -0.2) is 4.39 Å². The lowest BCUT2D eigenvalue weighted by atomic mass is 9.84. The smallest absolute Gasteiger partial charge is 0.191 e. The van der Waals surface area contributed by atoms with Crippen LogP contribution in [-0.2, 0) is 23.2 Å². The lowest BCUT2D eigenvalue weighted by Gasteiger charge is -2.27. The van der Waals surface area contributed by atoms with Crippen molar-refractivity contribution in [3.05, 3.63) is 71.0 Å². The van der Waals surface area contributed by atoms with Gasteiger partial charge >= 0.3 is 0 Å². The molecule has 0 spiro atoms. The minimum absolute atomic E-state index is 0. The van der Waals surface area contributed by atoms with Crippen molar-refractivity contribution in [1.29, 1.82) is 0 Å². The Kier molecular flexibility index (Phi) is 10.2. The fourth-order valence-electron chi connectivity index (χ4n) is 3.58. The van der Waals surface area contributed by atoms with Crippen LogP contribution in [0.25, 0.3) is 0 Å². The molecule has 2 aromatic carbocycles. The van der Waals surface area contributed by atoms with Crippen LogP contribution in [0.5, 0.6) is 0 Å². The van der Waals surface area contributed by atoms with Crippen molar-refractivity contribution in [2.45, 2.75) is 32.4 Å². The van der Waals surface area contributed by atoms with E-state index in [0.29, 0.717) is 13.1 Å². The highest BCUT2D eigenvalue weighted by Gasteiger charge is 2.21. The number of benzene rings is 2. The van der Waals surface area contributed by atoms with Crippen molar-refractivity contribution in [1.82, 2.24) is 15.5 Å². The normalized spacial score (nSPS) is 15.3. The van der Waals surface area contributed by atoms with Gasteiger partial charge in [-0.15, -0.1) is 24.0 Å². The molecule has 1 aliphatic rings. The Morgan fingerprint density at radius 1 is 1.06 bits per heavy atom. The van der Waals surface area contributed by atoms with Crippen molar-refractivity contribution in [2.24, 2.45) is 4.99 Å². The molecule has 31 heavy (non-hydrogen) atoms. The van der Waals surface area contributed by atoms with Gasteiger partial charge in [0.15, 0.2) is 5.96 Å². The second-order valence-electron chi connectivity index (χ2n) is 8.38.